The molecule has 0 saturated carbocycles. The molecular weight excluding hydrogens is 566 g/mol. The van der Waals surface area contributed by atoms with E-state index >= 15 is 0 Å². The maximum Gasteiger partial charge on any atom is 0.410 e. The number of nitrogens with zero attached hydrogens (tertiary/aromatic N) is 5. The molecule has 5 rings (SSSR count). The Balaban J connectivity index is 1.25. The summed E-state index contributed by atoms with van der Waals surface area (Å²) < 4.78 is 12.9. The van der Waals surface area contributed by atoms with Gasteiger partial charge in [-0.05, 0) is 108 Å². The lowest BCUT2D eigenvalue weighted by molar-refractivity contribution is 0.0260. The molecule has 2 aliphatic heterocycles. The molecule has 9 nitrogen and oxygen atoms in total. The van der Waals surface area contributed by atoms with Gasteiger partial charge >= 0.3 is 12.2 Å². The molecule has 3 aromatic rings. The number of aromatic nitrogens is 3. The lowest BCUT2D eigenvalue weighted by atomic mass is 9.97. The van der Waals surface area contributed by atoms with Crippen molar-refractivity contribution in [3.05, 3.63) is 77.0 Å². The van der Waals surface area contributed by atoms with Gasteiger partial charge in [0.1, 0.15) is 16.9 Å². The number of ether oxygens (including phenoxy) is 2. The Hall–Kier alpha value is -4.40. The maximum atomic E-state index is 12.4. The Labute approximate surface area is 266 Å². The molecule has 2 aliphatic rings. The highest BCUT2D eigenvalue weighted by Crippen LogP contribution is 2.30. The molecule has 0 N–H and O–H groups in total. The van der Waals surface area contributed by atoms with E-state index in [0.717, 1.165) is 52.2 Å². The van der Waals surface area contributed by atoms with Gasteiger partial charge in [0.05, 0.1) is 11.4 Å². The van der Waals surface area contributed by atoms with Crippen molar-refractivity contribution in [3.63, 3.8) is 0 Å². The average molecular weight is 612 g/mol. The molecule has 0 radical (unpaired) electrons. The summed E-state index contributed by atoms with van der Waals surface area (Å²) in [6.45, 7) is 17.8. The van der Waals surface area contributed by atoms with Crippen molar-refractivity contribution < 1.29 is 19.1 Å². The van der Waals surface area contributed by atoms with Crippen LogP contribution in [-0.2, 0) is 9.47 Å². The molecule has 0 atom stereocenters. The molecule has 0 aliphatic carbocycles. The highest BCUT2D eigenvalue weighted by atomic mass is 16.6. The molecule has 0 saturated heterocycles. The Bertz CT molecular complexity index is 1640. The summed E-state index contributed by atoms with van der Waals surface area (Å²) in [5.41, 5.74) is 8.65. The summed E-state index contributed by atoms with van der Waals surface area (Å²) in [5, 5.41) is 9.07. The molecule has 1 aromatic heterocycles. The predicted molar refractivity (Wildman–Crippen MR) is 177 cm³/mol. The highest BCUT2D eigenvalue weighted by Gasteiger charge is 2.25. The van der Waals surface area contributed by atoms with Crippen LogP contribution in [0.3, 0.4) is 0 Å². The number of rotatable bonds is 4. The van der Waals surface area contributed by atoms with Gasteiger partial charge in [0.2, 0.25) is 0 Å². The predicted octanol–water partition coefficient (Wildman–Crippen LogP) is 7.60. The number of carbonyl (C=O) groups is 2. The zero-order chi connectivity index (χ0) is 32.5. The SMILES string of the molecule is Cc1cc(C2=CCN(C(=O)OC(C)(C)C)CC2)ccc1-n1nnc(-c2ccc(C3=CCN(C(=O)OC(C)(C)C)CC3)cc2)c1C. The van der Waals surface area contributed by atoms with E-state index in [1.54, 1.807) is 9.80 Å². The van der Waals surface area contributed by atoms with Gasteiger partial charge in [-0.2, -0.15) is 0 Å². The van der Waals surface area contributed by atoms with Crippen LogP contribution in [0.5, 0.6) is 0 Å². The van der Waals surface area contributed by atoms with E-state index in [0.29, 0.717) is 26.2 Å². The van der Waals surface area contributed by atoms with Crippen LogP contribution in [-0.4, -0.2) is 74.4 Å². The number of carbonyl (C=O) groups excluding carboxylic acids is 2. The van der Waals surface area contributed by atoms with E-state index in [-0.39, 0.29) is 12.2 Å². The Morgan fingerprint density at radius 1 is 0.711 bits per heavy atom. The van der Waals surface area contributed by atoms with Gasteiger partial charge in [-0.1, -0.05) is 47.7 Å². The largest absolute Gasteiger partial charge is 0.444 e. The molecular formula is C36H45N5O4. The standard InChI is InChI=1S/C36H45N5O4/c1-24-23-30(28-17-21-40(22-18-28)34(43)45-36(6,7)8)13-14-31(24)41-25(2)32(37-38-41)29-11-9-26(10-12-29)27-15-19-39(20-16-27)33(42)44-35(3,4)5/h9-15,17,23H,16,18-22H2,1-8H3. The van der Waals surface area contributed by atoms with E-state index in [9.17, 15) is 9.59 Å². The fourth-order valence-corrected chi connectivity index (χ4v) is 5.61. The lowest BCUT2D eigenvalue weighted by Crippen LogP contribution is -2.39. The number of aryl methyl sites for hydroxylation is 1. The van der Waals surface area contributed by atoms with Crippen molar-refractivity contribution in [2.24, 2.45) is 0 Å². The van der Waals surface area contributed by atoms with E-state index < -0.39 is 11.2 Å². The summed E-state index contributed by atoms with van der Waals surface area (Å²) in [6, 6.07) is 14.8. The Morgan fingerprint density at radius 2 is 1.20 bits per heavy atom. The minimum atomic E-state index is -0.502. The van der Waals surface area contributed by atoms with Gasteiger partial charge in [0.25, 0.3) is 0 Å². The van der Waals surface area contributed by atoms with Crippen LogP contribution in [0.25, 0.3) is 28.1 Å². The third kappa shape index (κ3) is 7.64. The van der Waals surface area contributed by atoms with Crippen LogP contribution >= 0.6 is 0 Å². The summed E-state index contributed by atoms with van der Waals surface area (Å²) in [5.74, 6) is 0. The monoisotopic (exact) mass is 611 g/mol. The van der Waals surface area contributed by atoms with Crippen LogP contribution in [0, 0.1) is 13.8 Å². The third-order valence-corrected chi connectivity index (χ3v) is 7.94. The normalized spacial score (nSPS) is 15.8. The van der Waals surface area contributed by atoms with Crippen molar-refractivity contribution in [1.82, 2.24) is 24.8 Å². The first-order valence-electron chi connectivity index (χ1n) is 15.7. The second-order valence-electron chi connectivity index (χ2n) is 13.8. The first-order valence-corrected chi connectivity index (χ1v) is 15.7. The smallest absolute Gasteiger partial charge is 0.410 e. The van der Waals surface area contributed by atoms with Crippen molar-refractivity contribution in [3.8, 4) is 16.9 Å². The lowest BCUT2D eigenvalue weighted by Gasteiger charge is -2.29. The zero-order valence-corrected chi connectivity index (χ0v) is 27.8. The quantitative estimate of drug-likeness (QED) is 0.302. The van der Waals surface area contributed by atoms with Gasteiger partial charge in [0.15, 0.2) is 0 Å². The fourth-order valence-electron chi connectivity index (χ4n) is 5.61. The second-order valence-corrected chi connectivity index (χ2v) is 13.8. The molecule has 45 heavy (non-hydrogen) atoms. The van der Waals surface area contributed by atoms with Crippen LogP contribution in [0.2, 0.25) is 0 Å². The second kappa shape index (κ2) is 12.5. The topological polar surface area (TPSA) is 89.8 Å². The van der Waals surface area contributed by atoms with Gasteiger partial charge in [0, 0.05) is 31.7 Å². The molecule has 0 bridgehead atoms. The van der Waals surface area contributed by atoms with E-state index in [2.05, 4.69) is 71.9 Å². The van der Waals surface area contributed by atoms with Crippen LogP contribution in [0.4, 0.5) is 9.59 Å². The van der Waals surface area contributed by atoms with Gasteiger partial charge < -0.3 is 19.3 Å². The van der Waals surface area contributed by atoms with Crippen molar-refractivity contribution >= 4 is 23.3 Å². The van der Waals surface area contributed by atoms with Gasteiger partial charge in [-0.3, -0.25) is 0 Å². The third-order valence-electron chi connectivity index (χ3n) is 7.94. The minimum Gasteiger partial charge on any atom is -0.444 e. The first kappa shape index (κ1) is 32.0. The Morgan fingerprint density at radius 3 is 1.67 bits per heavy atom. The van der Waals surface area contributed by atoms with Crippen molar-refractivity contribution in [1.29, 1.82) is 0 Å². The van der Waals surface area contributed by atoms with E-state index in [1.165, 1.54) is 11.1 Å². The van der Waals surface area contributed by atoms with Gasteiger partial charge in [-0.25, -0.2) is 14.3 Å². The zero-order valence-electron chi connectivity index (χ0n) is 27.8. The maximum absolute atomic E-state index is 12.4. The summed E-state index contributed by atoms with van der Waals surface area (Å²) in [7, 11) is 0. The number of benzene rings is 2. The van der Waals surface area contributed by atoms with Crippen molar-refractivity contribution in [2.45, 2.75) is 79.4 Å². The highest BCUT2D eigenvalue weighted by molar-refractivity contribution is 5.75. The Kier molecular flexibility index (Phi) is 8.92. The van der Waals surface area contributed by atoms with Crippen LogP contribution in [0.15, 0.2) is 54.6 Å². The van der Waals surface area contributed by atoms with E-state index in [4.69, 9.17) is 9.47 Å². The van der Waals surface area contributed by atoms with Crippen LogP contribution < -0.4 is 0 Å². The number of hydrogen-bond acceptors (Lipinski definition) is 6. The number of hydrogen-bond donors (Lipinski definition) is 0. The molecule has 2 amide bonds. The van der Waals surface area contributed by atoms with E-state index in [1.807, 2.05) is 53.1 Å². The molecule has 0 unspecified atom stereocenters. The van der Waals surface area contributed by atoms with Crippen LogP contribution in [0.1, 0.15) is 76.8 Å². The molecule has 0 spiro atoms. The number of amides is 2. The van der Waals surface area contributed by atoms with Crippen molar-refractivity contribution in [2.75, 3.05) is 26.2 Å². The fraction of sp³-hybridized carbons (Fsp3) is 0.444. The van der Waals surface area contributed by atoms with Gasteiger partial charge in [-0.15, -0.1) is 5.10 Å². The molecule has 9 heteroatoms. The molecule has 238 valence electrons. The molecule has 0 fully saturated rings. The average Bonchev–Trinajstić information content (AvgIpc) is 3.36. The molecule has 3 heterocycles. The summed E-state index contributed by atoms with van der Waals surface area (Å²) in [6.07, 6.45) is 5.24. The first-order chi connectivity index (χ1) is 21.2. The minimum absolute atomic E-state index is 0.269. The summed E-state index contributed by atoms with van der Waals surface area (Å²) in [4.78, 5) is 28.3. The molecule has 2 aromatic carbocycles. The summed E-state index contributed by atoms with van der Waals surface area (Å²) >= 11 is 0.